The molecule has 0 saturated heterocycles. The van der Waals surface area contributed by atoms with E-state index in [0.29, 0.717) is 5.69 Å². The monoisotopic (exact) mass is 313 g/mol. The lowest BCUT2D eigenvalue weighted by Crippen LogP contribution is -2.20. The third kappa shape index (κ3) is 3.59. The van der Waals surface area contributed by atoms with Crippen molar-refractivity contribution in [2.75, 3.05) is 0 Å². The summed E-state index contributed by atoms with van der Waals surface area (Å²) in [6.45, 7) is 11.3. The zero-order valence-corrected chi connectivity index (χ0v) is 12.9. The molecule has 1 amide bonds. The molecule has 0 aromatic carbocycles. The molecule has 0 fully saturated rings. The summed E-state index contributed by atoms with van der Waals surface area (Å²) in [4.78, 5) is 19.6. The largest absolute Gasteiger partial charge is 0.323 e. The highest BCUT2D eigenvalue weighted by atomic mass is 35.5. The highest BCUT2D eigenvalue weighted by Gasteiger charge is 2.15. The molecule has 0 bridgehead atoms. The van der Waals surface area contributed by atoms with Gasteiger partial charge in [0.15, 0.2) is 0 Å². The Morgan fingerprint density at radius 1 is 1.41 bits per heavy atom. The Hall–Kier alpha value is -2.46. The second kappa shape index (κ2) is 7.00. The first-order valence-corrected chi connectivity index (χ1v) is 7.11. The van der Waals surface area contributed by atoms with E-state index >= 15 is 0 Å². The number of hydrogen-bond donors (Lipinski definition) is 1. The fourth-order valence-electron chi connectivity index (χ4n) is 2.13. The molecule has 0 atom stereocenters. The quantitative estimate of drug-likeness (QED) is 0.666. The Morgan fingerprint density at radius 3 is 2.86 bits per heavy atom. The van der Waals surface area contributed by atoms with Crippen LogP contribution in [0.1, 0.15) is 24.1 Å². The van der Waals surface area contributed by atoms with Crippen molar-refractivity contribution in [1.29, 1.82) is 0 Å². The number of carbonyl (C=O) groups is 1. The van der Waals surface area contributed by atoms with Gasteiger partial charge in [-0.15, -0.1) is 0 Å². The minimum absolute atomic E-state index is 0.161. The molecular formula is C17H16ClN3O. The summed E-state index contributed by atoms with van der Waals surface area (Å²) in [6.07, 6.45) is 9.97. The molecule has 1 aromatic rings. The number of aromatic nitrogens is 2. The summed E-state index contributed by atoms with van der Waals surface area (Å²) in [5, 5.41) is 2.91. The fraction of sp³-hybridized carbons (Fsp3) is 0.118. The lowest BCUT2D eigenvalue weighted by Gasteiger charge is -2.17. The van der Waals surface area contributed by atoms with E-state index in [4.69, 9.17) is 11.6 Å². The maximum Gasteiger partial charge on any atom is 0.247 e. The molecule has 2 rings (SSSR count). The van der Waals surface area contributed by atoms with E-state index in [9.17, 15) is 4.79 Å². The minimum Gasteiger partial charge on any atom is -0.323 e. The molecule has 5 heteroatoms. The molecule has 0 spiro atoms. The van der Waals surface area contributed by atoms with Crippen LogP contribution in [0.15, 0.2) is 55.4 Å². The first kappa shape index (κ1) is 15.9. The smallest absolute Gasteiger partial charge is 0.247 e. The van der Waals surface area contributed by atoms with Crippen LogP contribution in [0.2, 0.25) is 5.28 Å². The van der Waals surface area contributed by atoms with Crippen LogP contribution < -0.4 is 5.32 Å². The lowest BCUT2D eigenvalue weighted by molar-refractivity contribution is -0.115. The van der Waals surface area contributed by atoms with Gasteiger partial charge in [0.2, 0.25) is 11.2 Å². The Kier molecular flexibility index (Phi) is 5.07. The van der Waals surface area contributed by atoms with Crippen molar-refractivity contribution in [1.82, 2.24) is 15.3 Å². The van der Waals surface area contributed by atoms with Crippen LogP contribution in [0.5, 0.6) is 0 Å². The summed E-state index contributed by atoms with van der Waals surface area (Å²) in [7, 11) is 0. The van der Waals surface area contributed by atoms with Crippen molar-refractivity contribution >= 4 is 29.2 Å². The summed E-state index contributed by atoms with van der Waals surface area (Å²) >= 11 is 5.88. The van der Waals surface area contributed by atoms with Gasteiger partial charge < -0.3 is 5.32 Å². The Labute approximate surface area is 134 Å². The summed E-state index contributed by atoms with van der Waals surface area (Å²) < 4.78 is 0. The van der Waals surface area contributed by atoms with E-state index in [1.165, 1.54) is 6.08 Å². The van der Waals surface area contributed by atoms with Crippen LogP contribution in [0.25, 0.3) is 11.6 Å². The van der Waals surface area contributed by atoms with Gasteiger partial charge in [-0.2, -0.15) is 0 Å². The molecule has 1 heterocycles. The van der Waals surface area contributed by atoms with Crippen molar-refractivity contribution < 1.29 is 4.79 Å². The average molecular weight is 314 g/mol. The summed E-state index contributed by atoms with van der Waals surface area (Å²) in [6, 6.07) is 0. The maximum absolute atomic E-state index is 11.4. The van der Waals surface area contributed by atoms with Gasteiger partial charge in [-0.1, -0.05) is 31.9 Å². The highest BCUT2D eigenvalue weighted by molar-refractivity contribution is 6.28. The first-order chi connectivity index (χ1) is 10.5. The van der Waals surface area contributed by atoms with Crippen molar-refractivity contribution in [3.05, 3.63) is 72.0 Å². The first-order valence-electron chi connectivity index (χ1n) is 6.74. The van der Waals surface area contributed by atoms with Gasteiger partial charge in [0.25, 0.3) is 0 Å². The van der Waals surface area contributed by atoms with E-state index in [1.807, 2.05) is 12.2 Å². The normalized spacial score (nSPS) is 13.7. The molecule has 0 radical (unpaired) electrons. The van der Waals surface area contributed by atoms with Crippen LogP contribution in [0.3, 0.4) is 0 Å². The number of halogens is 1. The number of allylic oxidation sites excluding steroid dienone is 4. The van der Waals surface area contributed by atoms with E-state index in [-0.39, 0.29) is 11.2 Å². The molecule has 112 valence electrons. The molecule has 0 unspecified atom stereocenters. The summed E-state index contributed by atoms with van der Waals surface area (Å²) in [5.74, 6) is -0.244. The zero-order valence-electron chi connectivity index (χ0n) is 12.1. The predicted molar refractivity (Wildman–Crippen MR) is 89.9 cm³/mol. The van der Waals surface area contributed by atoms with Crippen LogP contribution in [0, 0.1) is 0 Å². The van der Waals surface area contributed by atoms with Gasteiger partial charge in [0.1, 0.15) is 0 Å². The molecule has 1 aromatic heterocycles. The van der Waals surface area contributed by atoms with Crippen LogP contribution in [0.4, 0.5) is 0 Å². The zero-order chi connectivity index (χ0) is 16.1. The SMILES string of the molecule is C=CC(=O)NC1=CCCC(C(=C)c2nc(Cl)ncc2C=C)=C1. The van der Waals surface area contributed by atoms with Crippen LogP contribution in [-0.2, 0) is 4.79 Å². The van der Waals surface area contributed by atoms with Gasteiger partial charge in [-0.05, 0) is 47.7 Å². The third-order valence-corrected chi connectivity index (χ3v) is 3.42. The molecule has 1 aliphatic rings. The van der Waals surface area contributed by atoms with Gasteiger partial charge in [0.05, 0.1) is 5.69 Å². The minimum atomic E-state index is -0.244. The van der Waals surface area contributed by atoms with E-state index < -0.39 is 0 Å². The Balaban J connectivity index is 2.31. The van der Waals surface area contributed by atoms with Gasteiger partial charge in [-0.25, -0.2) is 9.97 Å². The molecule has 22 heavy (non-hydrogen) atoms. The van der Waals surface area contributed by atoms with Crippen LogP contribution >= 0.6 is 11.6 Å². The van der Waals surface area contributed by atoms with Gasteiger partial charge >= 0.3 is 0 Å². The standard InChI is InChI=1S/C17H16ClN3O/c1-4-12-10-19-17(18)21-16(12)11(3)13-7-6-8-14(9-13)20-15(22)5-2/h4-5,8-10H,1-3,6-7H2,(H,20,22). The number of hydrogen-bond acceptors (Lipinski definition) is 3. The van der Waals surface area contributed by atoms with Crippen molar-refractivity contribution in [2.45, 2.75) is 12.8 Å². The fourth-order valence-corrected chi connectivity index (χ4v) is 2.27. The molecule has 0 saturated carbocycles. The van der Waals surface area contributed by atoms with E-state index in [2.05, 4.69) is 35.0 Å². The van der Waals surface area contributed by atoms with Gasteiger partial charge in [-0.3, -0.25) is 4.79 Å². The van der Waals surface area contributed by atoms with E-state index in [0.717, 1.165) is 35.2 Å². The number of nitrogens with one attached hydrogen (secondary N) is 1. The van der Waals surface area contributed by atoms with Crippen LogP contribution in [-0.4, -0.2) is 15.9 Å². The molecule has 1 N–H and O–H groups in total. The topological polar surface area (TPSA) is 54.9 Å². The number of rotatable bonds is 5. The average Bonchev–Trinajstić information content (AvgIpc) is 2.54. The Morgan fingerprint density at radius 2 is 2.18 bits per heavy atom. The number of nitrogens with zero attached hydrogens (tertiary/aromatic N) is 2. The highest BCUT2D eigenvalue weighted by Crippen LogP contribution is 2.30. The number of amides is 1. The third-order valence-electron chi connectivity index (χ3n) is 3.24. The maximum atomic E-state index is 11.4. The van der Waals surface area contributed by atoms with Crippen molar-refractivity contribution in [2.24, 2.45) is 0 Å². The van der Waals surface area contributed by atoms with E-state index in [1.54, 1.807) is 12.3 Å². The van der Waals surface area contributed by atoms with Gasteiger partial charge in [0, 0.05) is 17.5 Å². The van der Waals surface area contributed by atoms with Crippen molar-refractivity contribution in [3.8, 4) is 0 Å². The molecule has 0 aliphatic heterocycles. The van der Waals surface area contributed by atoms with Crippen molar-refractivity contribution in [3.63, 3.8) is 0 Å². The molecule has 1 aliphatic carbocycles. The summed E-state index contributed by atoms with van der Waals surface area (Å²) in [5.41, 5.74) is 3.88. The lowest BCUT2D eigenvalue weighted by atomic mass is 9.93. The Bertz CT molecular complexity index is 717. The predicted octanol–water partition coefficient (Wildman–Crippen LogP) is 3.69. The molecule has 4 nitrogen and oxygen atoms in total. The number of carbonyl (C=O) groups excluding carboxylic acids is 1. The molecular weight excluding hydrogens is 298 g/mol. The second-order valence-corrected chi connectivity index (χ2v) is 5.02. The second-order valence-electron chi connectivity index (χ2n) is 4.69.